The molecule has 0 aliphatic carbocycles. The standard InChI is InChI=1S/C28H27F5N4O5S2/c1-2-44(39,40)21-9-3-16(4-10-21)22(11-12-34)23-24(25(35)38)43-27(36-23)37-14-20(13-18(37)15-41-26(29)30)42-19-7-5-17(6-8-19)28(31,32)33/h3-10,18,20,22,26H,2,11,13-15H2,1H3,(H2,35,38)/t18-,20-,22-/m0/s1. The van der Waals surface area contributed by atoms with E-state index in [0.29, 0.717) is 5.56 Å². The van der Waals surface area contributed by atoms with Crippen molar-refractivity contribution in [3.63, 3.8) is 0 Å². The van der Waals surface area contributed by atoms with Crippen LogP contribution >= 0.6 is 11.3 Å². The predicted molar refractivity (Wildman–Crippen MR) is 150 cm³/mol. The molecule has 2 aromatic carbocycles. The van der Waals surface area contributed by atoms with Gasteiger partial charge in [-0.05, 0) is 42.0 Å². The molecule has 4 rings (SSSR count). The van der Waals surface area contributed by atoms with Crippen LogP contribution in [0.2, 0.25) is 0 Å². The maximum atomic E-state index is 13.0. The van der Waals surface area contributed by atoms with Crippen LogP contribution in [0.15, 0.2) is 53.4 Å². The fraction of sp³-hybridized carbons (Fsp3) is 0.393. The van der Waals surface area contributed by atoms with Gasteiger partial charge in [-0.3, -0.25) is 4.79 Å². The van der Waals surface area contributed by atoms with E-state index in [-0.39, 0.29) is 51.5 Å². The van der Waals surface area contributed by atoms with Crippen molar-refractivity contribution in [1.29, 1.82) is 5.26 Å². The van der Waals surface area contributed by atoms with E-state index in [1.54, 1.807) is 4.90 Å². The minimum atomic E-state index is -4.53. The largest absolute Gasteiger partial charge is 0.489 e. The molecule has 3 aromatic rings. The highest BCUT2D eigenvalue weighted by Crippen LogP contribution is 2.39. The summed E-state index contributed by atoms with van der Waals surface area (Å²) >= 11 is 0.887. The number of carbonyl (C=O) groups is 1. The van der Waals surface area contributed by atoms with Crippen molar-refractivity contribution in [1.82, 2.24) is 4.98 Å². The Kier molecular flexibility index (Phi) is 10.1. The van der Waals surface area contributed by atoms with Gasteiger partial charge in [0.15, 0.2) is 15.0 Å². The minimum Gasteiger partial charge on any atom is -0.489 e. The maximum absolute atomic E-state index is 13.0. The van der Waals surface area contributed by atoms with Crippen molar-refractivity contribution >= 4 is 32.2 Å². The number of anilines is 1. The third-order valence-electron chi connectivity index (χ3n) is 7.03. The fourth-order valence-electron chi connectivity index (χ4n) is 4.84. The quantitative estimate of drug-likeness (QED) is 0.257. The number of carbonyl (C=O) groups excluding carboxylic acids is 1. The third-order valence-corrected chi connectivity index (χ3v) is 9.91. The Morgan fingerprint density at radius 1 is 1.18 bits per heavy atom. The first-order valence-corrected chi connectivity index (χ1v) is 15.7. The van der Waals surface area contributed by atoms with Crippen LogP contribution in [0.25, 0.3) is 0 Å². The van der Waals surface area contributed by atoms with Gasteiger partial charge in [0.1, 0.15) is 16.7 Å². The van der Waals surface area contributed by atoms with Crippen molar-refractivity contribution in [2.24, 2.45) is 5.73 Å². The zero-order valence-electron chi connectivity index (χ0n) is 23.1. The summed E-state index contributed by atoms with van der Waals surface area (Å²) in [5.41, 5.74) is 5.47. The molecule has 16 heteroatoms. The van der Waals surface area contributed by atoms with Crippen LogP contribution in [0.5, 0.6) is 5.75 Å². The number of halogens is 5. The number of hydrogen-bond donors (Lipinski definition) is 1. The summed E-state index contributed by atoms with van der Waals surface area (Å²) in [4.78, 5) is 18.8. The van der Waals surface area contributed by atoms with E-state index < -0.39 is 58.8 Å². The van der Waals surface area contributed by atoms with E-state index in [2.05, 4.69) is 9.72 Å². The van der Waals surface area contributed by atoms with E-state index >= 15 is 0 Å². The number of sulfone groups is 1. The lowest BCUT2D eigenvalue weighted by atomic mass is 9.92. The molecule has 1 amide bonds. The van der Waals surface area contributed by atoms with Crippen LogP contribution in [0.4, 0.5) is 27.1 Å². The fourth-order valence-corrected chi connectivity index (χ4v) is 6.79. The second-order valence-electron chi connectivity index (χ2n) is 9.86. The highest BCUT2D eigenvalue weighted by Gasteiger charge is 2.38. The number of ether oxygens (including phenoxy) is 2. The molecule has 44 heavy (non-hydrogen) atoms. The lowest BCUT2D eigenvalue weighted by Crippen LogP contribution is -2.34. The van der Waals surface area contributed by atoms with Gasteiger partial charge >= 0.3 is 12.8 Å². The first-order valence-electron chi connectivity index (χ1n) is 13.2. The zero-order valence-corrected chi connectivity index (χ0v) is 24.8. The molecule has 0 bridgehead atoms. The van der Waals surface area contributed by atoms with Gasteiger partial charge in [0.25, 0.3) is 5.91 Å². The SMILES string of the molecule is CCS(=O)(=O)c1ccc([C@H](CC#N)c2nc(N3C[C@@H](Oc4ccc(C(F)(F)F)cc4)C[C@H]3COC(F)F)sc2C(N)=O)cc1. The number of rotatable bonds is 12. The summed E-state index contributed by atoms with van der Waals surface area (Å²) in [6.45, 7) is -1.94. The summed E-state index contributed by atoms with van der Waals surface area (Å²) < 4.78 is 99.7. The number of nitrogens with zero attached hydrogens (tertiary/aromatic N) is 3. The first kappa shape index (κ1) is 33.1. The zero-order chi connectivity index (χ0) is 32.2. The Balaban J connectivity index is 1.65. The molecule has 0 saturated carbocycles. The average molecular weight is 659 g/mol. The number of primary amides is 1. The third kappa shape index (κ3) is 7.63. The number of aromatic nitrogens is 1. The molecule has 236 valence electrons. The minimum absolute atomic E-state index is 0.0196. The van der Waals surface area contributed by atoms with Crippen LogP contribution < -0.4 is 15.4 Å². The number of alkyl halides is 5. The van der Waals surface area contributed by atoms with Crippen LogP contribution in [0.1, 0.15) is 52.2 Å². The monoisotopic (exact) mass is 658 g/mol. The summed E-state index contributed by atoms with van der Waals surface area (Å²) in [5.74, 6) is -1.58. The molecule has 1 aliphatic heterocycles. The molecule has 1 fully saturated rings. The highest BCUT2D eigenvalue weighted by atomic mass is 32.2. The summed E-state index contributed by atoms with van der Waals surface area (Å²) in [7, 11) is -3.49. The normalized spacial score (nSPS) is 17.9. The Labute approximate surface area is 253 Å². The van der Waals surface area contributed by atoms with Crippen molar-refractivity contribution in [3.05, 3.63) is 70.2 Å². The lowest BCUT2D eigenvalue weighted by molar-refractivity contribution is -0.137. The first-order chi connectivity index (χ1) is 20.7. The van der Waals surface area contributed by atoms with E-state index in [1.807, 2.05) is 6.07 Å². The van der Waals surface area contributed by atoms with Crippen molar-refractivity contribution in [2.45, 2.75) is 55.5 Å². The Hall–Kier alpha value is -3.81. The van der Waals surface area contributed by atoms with Crippen LogP contribution in [0, 0.1) is 11.3 Å². The molecule has 9 nitrogen and oxygen atoms in total. The van der Waals surface area contributed by atoms with Crippen LogP contribution in [0.3, 0.4) is 0 Å². The summed E-state index contributed by atoms with van der Waals surface area (Å²) in [6, 6.07) is 11.2. The summed E-state index contributed by atoms with van der Waals surface area (Å²) in [6.07, 6.45) is -5.19. The molecule has 2 heterocycles. The van der Waals surface area contributed by atoms with E-state index in [1.165, 1.54) is 31.2 Å². The smallest absolute Gasteiger partial charge is 0.416 e. The second kappa shape index (κ2) is 13.4. The van der Waals surface area contributed by atoms with Gasteiger partial charge in [-0.15, -0.1) is 0 Å². The van der Waals surface area contributed by atoms with E-state index in [4.69, 9.17) is 10.5 Å². The Morgan fingerprint density at radius 2 is 1.84 bits per heavy atom. The van der Waals surface area contributed by atoms with Crippen molar-refractivity contribution in [2.75, 3.05) is 23.8 Å². The number of thiazole rings is 1. The number of amides is 1. The molecule has 1 saturated heterocycles. The topological polar surface area (TPSA) is 136 Å². The van der Waals surface area contributed by atoms with Gasteiger partial charge in [-0.1, -0.05) is 30.4 Å². The maximum Gasteiger partial charge on any atom is 0.416 e. The number of hydrogen-bond acceptors (Lipinski definition) is 9. The molecule has 0 unspecified atom stereocenters. The molecule has 1 aromatic heterocycles. The second-order valence-corrected chi connectivity index (χ2v) is 13.1. The lowest BCUT2D eigenvalue weighted by Gasteiger charge is -2.23. The summed E-state index contributed by atoms with van der Waals surface area (Å²) in [5, 5.41) is 9.78. The molecule has 0 radical (unpaired) electrons. The number of benzene rings is 2. The Morgan fingerprint density at radius 3 is 2.39 bits per heavy atom. The number of nitriles is 1. The molecule has 2 N–H and O–H groups in total. The molecular formula is C28H27F5N4O5S2. The van der Waals surface area contributed by atoms with Gasteiger partial charge in [0.05, 0.1) is 47.2 Å². The van der Waals surface area contributed by atoms with Gasteiger partial charge in [0, 0.05) is 18.8 Å². The molecular weight excluding hydrogens is 631 g/mol. The van der Waals surface area contributed by atoms with Crippen molar-refractivity contribution in [3.8, 4) is 11.8 Å². The highest BCUT2D eigenvalue weighted by molar-refractivity contribution is 7.91. The van der Waals surface area contributed by atoms with Gasteiger partial charge in [0.2, 0.25) is 0 Å². The van der Waals surface area contributed by atoms with E-state index in [9.17, 15) is 40.4 Å². The van der Waals surface area contributed by atoms with Gasteiger partial charge in [-0.2, -0.15) is 27.2 Å². The van der Waals surface area contributed by atoms with Crippen LogP contribution in [-0.4, -0.2) is 57.0 Å². The predicted octanol–water partition coefficient (Wildman–Crippen LogP) is 5.37. The van der Waals surface area contributed by atoms with Crippen molar-refractivity contribution < 1.29 is 44.6 Å². The Bertz CT molecular complexity index is 1610. The molecule has 0 spiro atoms. The number of nitrogens with two attached hydrogens (primary N) is 1. The van der Waals surface area contributed by atoms with Crippen LogP contribution in [-0.2, 0) is 20.8 Å². The van der Waals surface area contributed by atoms with Gasteiger partial charge < -0.3 is 20.1 Å². The molecule has 3 atom stereocenters. The molecule has 1 aliphatic rings. The van der Waals surface area contributed by atoms with E-state index in [0.717, 1.165) is 35.6 Å². The average Bonchev–Trinajstić information content (AvgIpc) is 3.59. The van der Waals surface area contributed by atoms with Gasteiger partial charge in [-0.25, -0.2) is 13.4 Å².